The molecule has 1 aromatic carbocycles. The summed E-state index contributed by atoms with van der Waals surface area (Å²) in [6, 6.07) is 4.13. The van der Waals surface area contributed by atoms with E-state index in [1.807, 2.05) is 19.9 Å². The molecular weight excluding hydrogens is 204 g/mol. The Morgan fingerprint density at radius 3 is 2.44 bits per heavy atom. The second kappa shape index (κ2) is 4.07. The summed E-state index contributed by atoms with van der Waals surface area (Å²) >= 11 is 0. The molecule has 2 rings (SSSR count). The van der Waals surface area contributed by atoms with Crippen LogP contribution in [0.25, 0.3) is 0 Å². The van der Waals surface area contributed by atoms with Crippen LogP contribution < -0.4 is 4.74 Å². The van der Waals surface area contributed by atoms with Gasteiger partial charge >= 0.3 is 0 Å². The maximum Gasteiger partial charge on any atom is 0.122 e. The van der Waals surface area contributed by atoms with Gasteiger partial charge in [-0.15, -0.1) is 0 Å². The Labute approximate surface area is 96.0 Å². The molecule has 1 heterocycles. The molecule has 0 saturated carbocycles. The van der Waals surface area contributed by atoms with Crippen molar-refractivity contribution < 1.29 is 14.6 Å². The number of aliphatic hydroxyl groups is 1. The predicted molar refractivity (Wildman–Crippen MR) is 62.1 cm³/mol. The number of aliphatic hydroxyl groups excluding tert-OH is 1. The first-order chi connectivity index (χ1) is 7.63. The number of methoxy groups -OCH3 is 1. The van der Waals surface area contributed by atoms with E-state index < -0.39 is 0 Å². The molecule has 3 heteroatoms. The largest absolute Gasteiger partial charge is 0.496 e. The molecular formula is C13H18O3. The quantitative estimate of drug-likeness (QED) is 0.843. The van der Waals surface area contributed by atoms with Crippen molar-refractivity contribution in [2.45, 2.75) is 19.3 Å². The molecule has 0 spiro atoms. The first kappa shape index (κ1) is 11.4. The molecule has 1 N–H and O–H groups in total. The minimum absolute atomic E-state index is 0.139. The second-order valence-corrected chi connectivity index (χ2v) is 4.57. The Bertz CT molecular complexity index is 389. The van der Waals surface area contributed by atoms with Crippen molar-refractivity contribution in [3.05, 3.63) is 28.8 Å². The van der Waals surface area contributed by atoms with Crippen molar-refractivity contribution in [1.29, 1.82) is 0 Å². The molecule has 0 aliphatic carbocycles. The molecule has 0 bridgehead atoms. The minimum Gasteiger partial charge on any atom is -0.496 e. The molecule has 0 radical (unpaired) electrons. The van der Waals surface area contributed by atoms with Crippen molar-refractivity contribution >= 4 is 0 Å². The van der Waals surface area contributed by atoms with Gasteiger partial charge in [-0.1, -0.05) is 6.07 Å². The monoisotopic (exact) mass is 222 g/mol. The zero-order valence-corrected chi connectivity index (χ0v) is 10.0. The lowest BCUT2D eigenvalue weighted by atomic mass is 9.76. The van der Waals surface area contributed by atoms with Crippen LogP contribution in [0.4, 0.5) is 0 Å². The summed E-state index contributed by atoms with van der Waals surface area (Å²) in [6.07, 6.45) is 0. The highest BCUT2D eigenvalue weighted by atomic mass is 16.5. The first-order valence-electron chi connectivity index (χ1n) is 5.47. The van der Waals surface area contributed by atoms with Crippen LogP contribution in [0.3, 0.4) is 0 Å². The number of hydrogen-bond donors (Lipinski definition) is 1. The smallest absolute Gasteiger partial charge is 0.122 e. The topological polar surface area (TPSA) is 38.7 Å². The maximum absolute atomic E-state index is 9.52. The molecule has 1 aliphatic rings. The van der Waals surface area contributed by atoms with E-state index in [4.69, 9.17) is 9.47 Å². The summed E-state index contributed by atoms with van der Waals surface area (Å²) in [7, 11) is 1.68. The summed E-state index contributed by atoms with van der Waals surface area (Å²) in [5, 5.41) is 9.52. The third-order valence-electron chi connectivity index (χ3n) is 3.37. The molecule has 0 atom stereocenters. The Hall–Kier alpha value is -1.06. The molecule has 0 aromatic heterocycles. The fourth-order valence-electron chi connectivity index (χ4n) is 2.26. The lowest BCUT2D eigenvalue weighted by Crippen LogP contribution is -2.50. The van der Waals surface area contributed by atoms with Crippen LogP contribution in [-0.2, 0) is 10.2 Å². The van der Waals surface area contributed by atoms with Crippen molar-refractivity contribution in [3.8, 4) is 5.75 Å². The summed E-state index contributed by atoms with van der Waals surface area (Å²) in [5.41, 5.74) is 3.24. The van der Waals surface area contributed by atoms with E-state index in [9.17, 15) is 5.11 Å². The molecule has 1 aliphatic heterocycles. The minimum atomic E-state index is -0.193. The number of benzene rings is 1. The molecule has 1 aromatic rings. The van der Waals surface area contributed by atoms with Gasteiger partial charge in [0.05, 0.1) is 32.3 Å². The van der Waals surface area contributed by atoms with E-state index in [1.54, 1.807) is 7.11 Å². The number of ether oxygens (including phenoxy) is 2. The molecule has 3 nitrogen and oxygen atoms in total. The Balaban J connectivity index is 2.45. The standard InChI is InChI=1S/C13H18O3/c1-9-5-12(15-3)10(2)4-11(9)13(6-14)7-16-8-13/h4-5,14H,6-8H2,1-3H3. The van der Waals surface area contributed by atoms with Gasteiger partial charge in [0.25, 0.3) is 0 Å². The fourth-order valence-corrected chi connectivity index (χ4v) is 2.26. The van der Waals surface area contributed by atoms with Crippen LogP contribution in [0.1, 0.15) is 16.7 Å². The van der Waals surface area contributed by atoms with E-state index in [2.05, 4.69) is 6.07 Å². The van der Waals surface area contributed by atoms with E-state index in [0.717, 1.165) is 16.9 Å². The van der Waals surface area contributed by atoms with Crippen LogP contribution in [0.2, 0.25) is 0 Å². The van der Waals surface area contributed by atoms with Gasteiger partial charge in [-0.05, 0) is 36.6 Å². The van der Waals surface area contributed by atoms with Gasteiger partial charge in [-0.3, -0.25) is 0 Å². The molecule has 0 unspecified atom stereocenters. The van der Waals surface area contributed by atoms with Crippen molar-refractivity contribution in [3.63, 3.8) is 0 Å². The van der Waals surface area contributed by atoms with Crippen LogP contribution in [0, 0.1) is 13.8 Å². The first-order valence-corrected chi connectivity index (χ1v) is 5.47. The van der Waals surface area contributed by atoms with E-state index >= 15 is 0 Å². The van der Waals surface area contributed by atoms with E-state index in [1.165, 1.54) is 5.56 Å². The maximum atomic E-state index is 9.52. The zero-order chi connectivity index (χ0) is 11.8. The molecule has 16 heavy (non-hydrogen) atoms. The number of rotatable bonds is 3. The highest BCUT2D eigenvalue weighted by Gasteiger charge is 2.41. The van der Waals surface area contributed by atoms with Gasteiger partial charge in [0.1, 0.15) is 5.75 Å². The van der Waals surface area contributed by atoms with Crippen LogP contribution in [-0.4, -0.2) is 32.0 Å². The molecule has 1 saturated heterocycles. The molecule has 88 valence electrons. The van der Waals surface area contributed by atoms with Gasteiger partial charge in [0.15, 0.2) is 0 Å². The fraction of sp³-hybridized carbons (Fsp3) is 0.538. The summed E-state index contributed by atoms with van der Waals surface area (Å²) in [4.78, 5) is 0. The van der Waals surface area contributed by atoms with Gasteiger partial charge in [-0.25, -0.2) is 0 Å². The zero-order valence-electron chi connectivity index (χ0n) is 10.0. The highest BCUT2D eigenvalue weighted by Crippen LogP contribution is 2.36. The third-order valence-corrected chi connectivity index (χ3v) is 3.37. The number of aryl methyl sites for hydroxylation is 2. The van der Waals surface area contributed by atoms with E-state index in [-0.39, 0.29) is 12.0 Å². The summed E-state index contributed by atoms with van der Waals surface area (Å²) in [6.45, 7) is 5.42. The van der Waals surface area contributed by atoms with Gasteiger partial charge in [0, 0.05) is 0 Å². The van der Waals surface area contributed by atoms with Crippen molar-refractivity contribution in [1.82, 2.24) is 0 Å². The Morgan fingerprint density at radius 2 is 2.00 bits per heavy atom. The van der Waals surface area contributed by atoms with Gasteiger partial charge < -0.3 is 14.6 Å². The SMILES string of the molecule is COc1cc(C)c(C2(CO)COC2)cc1C. The van der Waals surface area contributed by atoms with Gasteiger partial charge in [-0.2, -0.15) is 0 Å². The Morgan fingerprint density at radius 1 is 1.31 bits per heavy atom. The molecule has 0 amide bonds. The Kier molecular flexibility index (Phi) is 2.91. The predicted octanol–water partition coefficient (Wildman–Crippen LogP) is 1.57. The average Bonchev–Trinajstić information content (AvgIpc) is 2.22. The van der Waals surface area contributed by atoms with Crippen LogP contribution in [0.15, 0.2) is 12.1 Å². The summed E-state index contributed by atoms with van der Waals surface area (Å²) in [5.74, 6) is 0.898. The van der Waals surface area contributed by atoms with Crippen molar-refractivity contribution in [2.75, 3.05) is 26.9 Å². The van der Waals surface area contributed by atoms with Crippen LogP contribution >= 0.6 is 0 Å². The normalized spacial score (nSPS) is 18.0. The summed E-state index contributed by atoms with van der Waals surface area (Å²) < 4.78 is 10.5. The average molecular weight is 222 g/mol. The van der Waals surface area contributed by atoms with Crippen molar-refractivity contribution in [2.24, 2.45) is 0 Å². The second-order valence-electron chi connectivity index (χ2n) is 4.57. The third kappa shape index (κ3) is 1.60. The lowest BCUT2D eigenvalue weighted by molar-refractivity contribution is -0.0844. The van der Waals surface area contributed by atoms with E-state index in [0.29, 0.717) is 13.2 Å². The lowest BCUT2D eigenvalue weighted by Gasteiger charge is -2.41. The number of hydrogen-bond acceptors (Lipinski definition) is 3. The highest BCUT2D eigenvalue weighted by molar-refractivity contribution is 5.45. The van der Waals surface area contributed by atoms with Gasteiger partial charge in [0.2, 0.25) is 0 Å². The van der Waals surface area contributed by atoms with Crippen LogP contribution in [0.5, 0.6) is 5.75 Å². The molecule has 1 fully saturated rings.